The van der Waals surface area contributed by atoms with Crippen LogP contribution in [0.25, 0.3) is 0 Å². The van der Waals surface area contributed by atoms with E-state index in [1.807, 2.05) is 5.32 Å². The first kappa shape index (κ1) is 16.2. The van der Waals surface area contributed by atoms with E-state index in [0.717, 1.165) is 0 Å². The predicted molar refractivity (Wildman–Crippen MR) is 63.8 cm³/mol. The van der Waals surface area contributed by atoms with Crippen molar-refractivity contribution in [3.63, 3.8) is 0 Å². The maximum absolute atomic E-state index is 12.8. The van der Waals surface area contributed by atoms with Crippen molar-refractivity contribution in [1.82, 2.24) is 5.32 Å². The van der Waals surface area contributed by atoms with Crippen LogP contribution in [0.1, 0.15) is 5.56 Å². The first-order valence-corrected chi connectivity index (χ1v) is 5.71. The number of rotatable bonds is 7. The normalized spacial score (nSPS) is 11.5. The number of para-hydroxylation sites is 1. The molecule has 1 aromatic carbocycles. The summed E-state index contributed by atoms with van der Waals surface area (Å²) in [5.41, 5.74) is 5.00. The number of alkyl halides is 4. The van der Waals surface area contributed by atoms with Gasteiger partial charge >= 0.3 is 6.61 Å². The lowest BCUT2D eigenvalue weighted by atomic mass is 10.1. The van der Waals surface area contributed by atoms with Crippen LogP contribution in [0.5, 0.6) is 5.75 Å². The van der Waals surface area contributed by atoms with Crippen LogP contribution in [0.15, 0.2) is 24.3 Å². The molecule has 0 saturated heterocycles. The minimum absolute atomic E-state index is 0.164. The van der Waals surface area contributed by atoms with Gasteiger partial charge in [-0.15, -0.1) is 0 Å². The van der Waals surface area contributed by atoms with Crippen molar-refractivity contribution < 1.29 is 27.1 Å². The van der Waals surface area contributed by atoms with Crippen molar-refractivity contribution in [2.45, 2.75) is 19.0 Å². The summed E-state index contributed by atoms with van der Waals surface area (Å²) in [5, 5.41) is 1.99. The van der Waals surface area contributed by atoms with E-state index < -0.39 is 31.5 Å². The number of amides is 1. The molecule has 0 aliphatic carbocycles. The van der Waals surface area contributed by atoms with Crippen LogP contribution in [0.3, 0.4) is 0 Å². The molecule has 1 aromatic rings. The maximum Gasteiger partial charge on any atom is 0.387 e. The molecule has 3 N–H and O–H groups in total. The number of halogens is 4. The molecule has 0 spiro atoms. The molecule has 0 aliphatic rings. The van der Waals surface area contributed by atoms with Crippen LogP contribution in [-0.4, -0.2) is 31.5 Å². The van der Waals surface area contributed by atoms with E-state index in [9.17, 15) is 22.4 Å². The number of benzene rings is 1. The van der Waals surface area contributed by atoms with E-state index >= 15 is 0 Å². The number of carbonyl (C=O) groups is 1. The van der Waals surface area contributed by atoms with E-state index in [4.69, 9.17) is 5.73 Å². The van der Waals surface area contributed by atoms with E-state index in [1.165, 1.54) is 24.3 Å². The quantitative estimate of drug-likeness (QED) is 0.750. The van der Waals surface area contributed by atoms with Gasteiger partial charge in [0.15, 0.2) is 0 Å². The highest BCUT2D eigenvalue weighted by atomic mass is 19.3. The smallest absolute Gasteiger partial charge is 0.387 e. The molecule has 0 fully saturated rings. The lowest BCUT2D eigenvalue weighted by Gasteiger charge is -2.15. The summed E-state index contributed by atoms with van der Waals surface area (Å²) in [6, 6.07) is 5.65. The second kappa shape index (κ2) is 7.09. The van der Waals surface area contributed by atoms with Gasteiger partial charge in [-0.25, -0.2) is 8.78 Å². The lowest BCUT2D eigenvalue weighted by molar-refractivity contribution is -0.122. The molecule has 0 aromatic heterocycles. The molecule has 20 heavy (non-hydrogen) atoms. The number of ether oxygens (including phenoxy) is 1. The second-order valence-corrected chi connectivity index (χ2v) is 4.00. The largest absolute Gasteiger partial charge is 0.435 e. The van der Waals surface area contributed by atoms with Crippen LogP contribution < -0.4 is 15.8 Å². The van der Waals surface area contributed by atoms with Gasteiger partial charge in [-0.1, -0.05) is 18.2 Å². The fraction of sp³-hybridized carbons (Fsp3) is 0.417. The van der Waals surface area contributed by atoms with E-state index in [-0.39, 0.29) is 17.7 Å². The predicted octanol–water partition coefficient (Wildman–Crippen LogP) is 1.54. The molecule has 0 radical (unpaired) electrons. The van der Waals surface area contributed by atoms with Crippen LogP contribution in [0.2, 0.25) is 0 Å². The van der Waals surface area contributed by atoms with Gasteiger partial charge in [-0.3, -0.25) is 4.79 Å². The molecule has 0 heterocycles. The average molecular weight is 294 g/mol. The summed E-state index contributed by atoms with van der Waals surface area (Å²) < 4.78 is 54.2. The highest BCUT2D eigenvalue weighted by molar-refractivity contribution is 5.79. The van der Waals surface area contributed by atoms with Gasteiger partial charge in [0.1, 0.15) is 5.75 Å². The Kier molecular flexibility index (Phi) is 5.75. The van der Waals surface area contributed by atoms with Gasteiger partial charge in [0, 0.05) is 5.56 Å². The minimum Gasteiger partial charge on any atom is -0.435 e. The zero-order valence-electron chi connectivity index (χ0n) is 10.4. The van der Waals surface area contributed by atoms with Crippen LogP contribution in [-0.2, 0) is 11.2 Å². The number of nitrogens with two attached hydrogens (primary N) is 1. The summed E-state index contributed by atoms with van der Waals surface area (Å²) in [7, 11) is 0. The second-order valence-electron chi connectivity index (χ2n) is 4.00. The molecule has 0 bridgehead atoms. The van der Waals surface area contributed by atoms with Gasteiger partial charge in [0.05, 0.1) is 19.5 Å². The Morgan fingerprint density at radius 3 is 2.60 bits per heavy atom. The number of hydrogen-bond acceptors (Lipinski definition) is 3. The zero-order valence-corrected chi connectivity index (χ0v) is 10.4. The fourth-order valence-electron chi connectivity index (χ4n) is 1.40. The fourth-order valence-corrected chi connectivity index (χ4v) is 1.40. The first-order valence-electron chi connectivity index (χ1n) is 5.71. The standard InChI is InChI=1S/C12H14F4N2O2/c13-11(14)20-9-4-2-1-3-8(9)5-10(19)18-7-12(15,16)6-17/h1-4,11H,5-7,17H2,(H,18,19). The number of hydrogen-bond donors (Lipinski definition) is 2. The van der Waals surface area contributed by atoms with Crippen molar-refractivity contribution in [2.24, 2.45) is 5.73 Å². The number of carbonyl (C=O) groups excluding carboxylic acids is 1. The summed E-state index contributed by atoms with van der Waals surface area (Å²) >= 11 is 0. The SMILES string of the molecule is NCC(F)(F)CNC(=O)Cc1ccccc1OC(F)F. The van der Waals surface area contributed by atoms with Crippen molar-refractivity contribution in [1.29, 1.82) is 0 Å². The summed E-state index contributed by atoms with van der Waals surface area (Å²) in [4.78, 5) is 11.5. The maximum atomic E-state index is 12.8. The highest BCUT2D eigenvalue weighted by Crippen LogP contribution is 2.20. The third-order valence-corrected chi connectivity index (χ3v) is 2.38. The highest BCUT2D eigenvalue weighted by Gasteiger charge is 2.27. The topological polar surface area (TPSA) is 64.3 Å². The van der Waals surface area contributed by atoms with Crippen molar-refractivity contribution >= 4 is 5.91 Å². The Morgan fingerprint density at radius 2 is 2.00 bits per heavy atom. The molecular weight excluding hydrogens is 280 g/mol. The molecule has 0 atom stereocenters. The first-order chi connectivity index (χ1) is 9.34. The van der Waals surface area contributed by atoms with Gasteiger partial charge in [-0.05, 0) is 6.07 Å². The molecule has 1 amide bonds. The monoisotopic (exact) mass is 294 g/mol. The Hall–Kier alpha value is -1.83. The lowest BCUT2D eigenvalue weighted by Crippen LogP contribution is -2.42. The summed E-state index contributed by atoms with van der Waals surface area (Å²) in [5.74, 6) is -4.10. The van der Waals surface area contributed by atoms with Gasteiger partial charge in [-0.2, -0.15) is 8.78 Å². The molecule has 112 valence electrons. The minimum atomic E-state index is -3.20. The van der Waals surface area contributed by atoms with Gasteiger partial charge < -0.3 is 15.8 Å². The van der Waals surface area contributed by atoms with E-state index in [2.05, 4.69) is 4.74 Å². The van der Waals surface area contributed by atoms with Crippen LogP contribution in [0.4, 0.5) is 17.6 Å². The third-order valence-electron chi connectivity index (χ3n) is 2.38. The number of nitrogens with one attached hydrogen (secondary N) is 1. The summed E-state index contributed by atoms with van der Waals surface area (Å²) in [6.07, 6.45) is -0.344. The van der Waals surface area contributed by atoms with Gasteiger partial charge in [0.25, 0.3) is 5.92 Å². The molecule has 0 unspecified atom stereocenters. The summed E-state index contributed by atoms with van der Waals surface area (Å²) in [6.45, 7) is -4.82. The Morgan fingerprint density at radius 1 is 1.35 bits per heavy atom. The Balaban J connectivity index is 2.62. The van der Waals surface area contributed by atoms with Crippen molar-refractivity contribution in [3.05, 3.63) is 29.8 Å². The van der Waals surface area contributed by atoms with Crippen molar-refractivity contribution in [2.75, 3.05) is 13.1 Å². The van der Waals surface area contributed by atoms with E-state index in [0.29, 0.717) is 0 Å². The molecule has 8 heteroatoms. The molecule has 0 saturated carbocycles. The van der Waals surface area contributed by atoms with Crippen molar-refractivity contribution in [3.8, 4) is 5.75 Å². The molecule has 0 aliphatic heterocycles. The Labute approximate surface area is 112 Å². The van der Waals surface area contributed by atoms with Crippen LogP contribution >= 0.6 is 0 Å². The Bertz CT molecular complexity index is 455. The zero-order chi connectivity index (χ0) is 15.2. The van der Waals surface area contributed by atoms with Crippen LogP contribution in [0, 0.1) is 0 Å². The molecule has 4 nitrogen and oxygen atoms in total. The average Bonchev–Trinajstić information content (AvgIpc) is 2.38. The third kappa shape index (κ3) is 5.43. The van der Waals surface area contributed by atoms with Gasteiger partial charge in [0.2, 0.25) is 5.91 Å². The molecular formula is C12H14F4N2O2. The van der Waals surface area contributed by atoms with E-state index in [1.54, 1.807) is 0 Å². The molecule has 1 rings (SSSR count).